The van der Waals surface area contributed by atoms with Crippen LogP contribution in [0, 0.1) is 6.92 Å². The normalized spacial score (nSPS) is 11.1. The van der Waals surface area contributed by atoms with E-state index in [0.29, 0.717) is 5.75 Å². The largest absolute Gasteiger partial charge is 0.515 e. The fraction of sp³-hybridized carbons (Fsp3) is 0.182. The molecule has 6 nitrogen and oxygen atoms in total. The van der Waals surface area contributed by atoms with E-state index >= 15 is 0 Å². The molecule has 142 valence electrons. The van der Waals surface area contributed by atoms with Crippen LogP contribution in [0.5, 0.6) is 17.4 Å². The Balaban J connectivity index is 1.82. The van der Waals surface area contributed by atoms with Crippen LogP contribution in [0.15, 0.2) is 54.7 Å². The fourth-order valence-electron chi connectivity index (χ4n) is 3.15. The third-order valence-electron chi connectivity index (χ3n) is 4.30. The molecule has 6 heteroatoms. The molecule has 2 aromatic heterocycles. The molecule has 0 spiro atoms. The zero-order valence-electron chi connectivity index (χ0n) is 15.9. The number of hydrogen-bond donors (Lipinski definition) is 1. The Morgan fingerprint density at radius 3 is 2.54 bits per heavy atom. The maximum Gasteiger partial charge on any atom is 0.515 e. The van der Waals surface area contributed by atoms with Crippen molar-refractivity contribution in [3.8, 4) is 17.4 Å². The maximum absolute atomic E-state index is 11.9. The van der Waals surface area contributed by atoms with E-state index in [0.717, 1.165) is 33.1 Å². The first-order valence-corrected chi connectivity index (χ1v) is 9.04. The average molecular weight is 376 g/mol. The lowest BCUT2D eigenvalue weighted by Gasteiger charge is -2.11. The minimum absolute atomic E-state index is 0.216. The Kier molecular flexibility index (Phi) is 4.61. The Labute approximate surface area is 162 Å². The number of hydrogen-bond acceptors (Lipinski definition) is 5. The Morgan fingerprint density at radius 1 is 1.00 bits per heavy atom. The second-order valence-electron chi connectivity index (χ2n) is 6.71. The number of benzene rings is 2. The molecule has 0 unspecified atom stereocenters. The second-order valence-corrected chi connectivity index (χ2v) is 6.71. The van der Waals surface area contributed by atoms with Crippen molar-refractivity contribution in [2.45, 2.75) is 26.9 Å². The van der Waals surface area contributed by atoms with Crippen LogP contribution in [-0.2, 0) is 4.74 Å². The highest BCUT2D eigenvalue weighted by molar-refractivity contribution is 6.12. The maximum atomic E-state index is 11.9. The van der Waals surface area contributed by atoms with Gasteiger partial charge in [0.25, 0.3) is 0 Å². The quantitative estimate of drug-likeness (QED) is 0.460. The summed E-state index contributed by atoms with van der Waals surface area (Å²) in [5.74, 6) is 1.67. The number of aromatic amines is 1. The first-order valence-electron chi connectivity index (χ1n) is 9.04. The van der Waals surface area contributed by atoms with E-state index in [2.05, 4.69) is 9.97 Å². The number of carbonyl (C=O) groups excluding carboxylic acids is 1. The summed E-state index contributed by atoms with van der Waals surface area (Å²) < 4.78 is 16.5. The zero-order chi connectivity index (χ0) is 19.7. The van der Waals surface area contributed by atoms with Crippen molar-refractivity contribution >= 4 is 28.0 Å². The SMILES string of the molecule is Cc1c(OC(=O)OC(C)C)ncc2[nH]c3cccc(Oc4ccccc4)c3c12. The highest BCUT2D eigenvalue weighted by atomic mass is 16.7. The number of rotatable bonds is 4. The lowest BCUT2D eigenvalue weighted by atomic mass is 10.1. The number of para-hydroxylation sites is 1. The highest BCUT2D eigenvalue weighted by Crippen LogP contribution is 2.38. The zero-order valence-corrected chi connectivity index (χ0v) is 15.9. The molecule has 0 aliphatic carbocycles. The van der Waals surface area contributed by atoms with E-state index in [1.165, 1.54) is 0 Å². The van der Waals surface area contributed by atoms with Gasteiger partial charge in [-0.3, -0.25) is 0 Å². The van der Waals surface area contributed by atoms with E-state index in [4.69, 9.17) is 14.2 Å². The van der Waals surface area contributed by atoms with Crippen LogP contribution in [0.2, 0.25) is 0 Å². The van der Waals surface area contributed by atoms with Crippen LogP contribution in [0.4, 0.5) is 4.79 Å². The molecular weight excluding hydrogens is 356 g/mol. The smallest absolute Gasteiger partial charge is 0.457 e. The van der Waals surface area contributed by atoms with Gasteiger partial charge in [-0.05, 0) is 45.0 Å². The summed E-state index contributed by atoms with van der Waals surface area (Å²) in [5.41, 5.74) is 2.48. The molecule has 2 aromatic carbocycles. The molecule has 1 N–H and O–H groups in total. The number of pyridine rings is 1. The predicted molar refractivity (Wildman–Crippen MR) is 107 cm³/mol. The van der Waals surface area contributed by atoms with Crippen molar-refractivity contribution in [3.63, 3.8) is 0 Å². The van der Waals surface area contributed by atoms with Gasteiger partial charge in [-0.15, -0.1) is 0 Å². The lowest BCUT2D eigenvalue weighted by molar-refractivity contribution is 0.0714. The van der Waals surface area contributed by atoms with Gasteiger partial charge in [0, 0.05) is 10.9 Å². The minimum atomic E-state index is -0.773. The van der Waals surface area contributed by atoms with E-state index in [1.807, 2.05) is 55.5 Å². The van der Waals surface area contributed by atoms with Crippen LogP contribution in [0.1, 0.15) is 19.4 Å². The van der Waals surface area contributed by atoms with Crippen molar-refractivity contribution in [1.82, 2.24) is 9.97 Å². The number of aryl methyl sites for hydroxylation is 1. The summed E-state index contributed by atoms with van der Waals surface area (Å²) in [4.78, 5) is 19.5. The lowest BCUT2D eigenvalue weighted by Crippen LogP contribution is -2.16. The highest BCUT2D eigenvalue weighted by Gasteiger charge is 2.18. The molecule has 4 aromatic rings. The van der Waals surface area contributed by atoms with Crippen molar-refractivity contribution in [2.75, 3.05) is 0 Å². The second kappa shape index (κ2) is 7.23. The van der Waals surface area contributed by atoms with Crippen LogP contribution in [-0.4, -0.2) is 22.2 Å². The number of H-pyrrole nitrogens is 1. The van der Waals surface area contributed by atoms with Gasteiger partial charge in [0.2, 0.25) is 5.88 Å². The molecule has 0 amide bonds. The number of nitrogens with zero attached hydrogens (tertiary/aromatic N) is 1. The Hall–Kier alpha value is -3.54. The van der Waals surface area contributed by atoms with Crippen LogP contribution in [0.25, 0.3) is 21.8 Å². The van der Waals surface area contributed by atoms with Gasteiger partial charge in [-0.1, -0.05) is 24.3 Å². The van der Waals surface area contributed by atoms with Gasteiger partial charge in [-0.2, -0.15) is 0 Å². The molecule has 0 bridgehead atoms. The summed E-state index contributed by atoms with van der Waals surface area (Å²) in [6, 6.07) is 15.4. The van der Waals surface area contributed by atoms with E-state index in [9.17, 15) is 4.79 Å². The van der Waals surface area contributed by atoms with Crippen molar-refractivity contribution < 1.29 is 19.0 Å². The molecule has 0 aliphatic rings. The average Bonchev–Trinajstić information content (AvgIpc) is 3.04. The Bertz CT molecular complexity index is 1150. The van der Waals surface area contributed by atoms with Gasteiger partial charge in [0.1, 0.15) is 11.5 Å². The number of fused-ring (bicyclic) bond motifs is 3. The number of nitrogens with one attached hydrogen (secondary N) is 1. The minimum Gasteiger partial charge on any atom is -0.457 e. The number of carbonyl (C=O) groups is 1. The molecule has 0 radical (unpaired) electrons. The van der Waals surface area contributed by atoms with Gasteiger partial charge in [-0.25, -0.2) is 9.78 Å². The van der Waals surface area contributed by atoms with E-state index < -0.39 is 6.16 Å². The first kappa shape index (κ1) is 17.9. The molecule has 0 saturated carbocycles. The monoisotopic (exact) mass is 376 g/mol. The third kappa shape index (κ3) is 3.36. The van der Waals surface area contributed by atoms with E-state index in [-0.39, 0.29) is 12.0 Å². The third-order valence-corrected chi connectivity index (χ3v) is 4.30. The van der Waals surface area contributed by atoms with Crippen LogP contribution < -0.4 is 9.47 Å². The van der Waals surface area contributed by atoms with Gasteiger partial charge in [0.05, 0.1) is 28.7 Å². The summed E-state index contributed by atoms with van der Waals surface area (Å²) in [5, 5.41) is 1.80. The van der Waals surface area contributed by atoms with Crippen LogP contribution >= 0.6 is 0 Å². The molecular formula is C22H20N2O4. The molecule has 0 saturated heterocycles. The summed E-state index contributed by atoms with van der Waals surface area (Å²) in [6.45, 7) is 5.38. The molecule has 2 heterocycles. The molecule has 28 heavy (non-hydrogen) atoms. The first-order chi connectivity index (χ1) is 13.5. The van der Waals surface area contributed by atoms with Gasteiger partial charge in [0.15, 0.2) is 0 Å². The predicted octanol–water partition coefficient (Wildman–Crippen LogP) is 5.74. The summed E-state index contributed by atoms with van der Waals surface area (Å²) in [7, 11) is 0. The standard InChI is InChI=1S/C22H20N2O4/c1-13(2)26-22(25)28-21-14(3)19-17(12-23-21)24-16-10-7-11-18(20(16)19)27-15-8-5-4-6-9-15/h4-13,24H,1-3H3. The summed E-state index contributed by atoms with van der Waals surface area (Å²) in [6.07, 6.45) is 0.605. The number of ether oxygens (including phenoxy) is 3. The topological polar surface area (TPSA) is 73.4 Å². The number of aromatic nitrogens is 2. The van der Waals surface area contributed by atoms with E-state index in [1.54, 1.807) is 20.0 Å². The molecule has 0 aliphatic heterocycles. The summed E-state index contributed by atoms with van der Waals surface area (Å²) >= 11 is 0. The van der Waals surface area contributed by atoms with Gasteiger partial charge >= 0.3 is 6.16 Å². The van der Waals surface area contributed by atoms with Gasteiger partial charge < -0.3 is 19.2 Å². The Morgan fingerprint density at radius 2 is 1.79 bits per heavy atom. The molecule has 4 rings (SSSR count). The molecule has 0 atom stereocenters. The van der Waals surface area contributed by atoms with Crippen molar-refractivity contribution in [2.24, 2.45) is 0 Å². The van der Waals surface area contributed by atoms with Crippen molar-refractivity contribution in [3.05, 3.63) is 60.3 Å². The van der Waals surface area contributed by atoms with Crippen LogP contribution in [0.3, 0.4) is 0 Å². The molecule has 0 fully saturated rings. The fourth-order valence-corrected chi connectivity index (χ4v) is 3.15. The van der Waals surface area contributed by atoms with Crippen molar-refractivity contribution in [1.29, 1.82) is 0 Å².